The van der Waals surface area contributed by atoms with Crippen molar-refractivity contribution in [3.05, 3.63) is 24.4 Å². The van der Waals surface area contributed by atoms with E-state index < -0.39 is 0 Å². The molecule has 0 aliphatic rings. The molecule has 114 valence electrons. The maximum Gasteiger partial charge on any atom is 0.161 e. The summed E-state index contributed by atoms with van der Waals surface area (Å²) in [6, 6.07) is 6.20. The molecule has 5 heteroatoms. The number of hydrogen-bond acceptors (Lipinski definition) is 4. The van der Waals surface area contributed by atoms with Crippen molar-refractivity contribution in [3.8, 4) is 11.5 Å². The average molecular weight is 309 g/mol. The molecule has 0 radical (unpaired) electrons. The molecule has 0 bridgehead atoms. The zero-order chi connectivity index (χ0) is 15.2. The van der Waals surface area contributed by atoms with Crippen LogP contribution in [0.2, 0.25) is 0 Å². The zero-order valence-corrected chi connectivity index (χ0v) is 13.4. The van der Waals surface area contributed by atoms with E-state index in [0.29, 0.717) is 17.7 Å². The van der Waals surface area contributed by atoms with Gasteiger partial charge in [0.2, 0.25) is 0 Å². The first kappa shape index (κ1) is 15.7. The number of benzene rings is 1. The summed E-state index contributed by atoms with van der Waals surface area (Å²) in [5, 5.41) is 5.53. The number of nitrogens with one attached hydrogen (secondary N) is 1. The molecule has 21 heavy (non-hydrogen) atoms. The number of methoxy groups -OCH3 is 2. The van der Waals surface area contributed by atoms with Crippen LogP contribution in [-0.4, -0.2) is 31.1 Å². The highest BCUT2D eigenvalue weighted by atomic mass is 35.5. The molecular formula is C16H21ClN2O2. The van der Waals surface area contributed by atoms with Gasteiger partial charge in [-0.3, -0.25) is 0 Å². The molecule has 0 saturated carbocycles. The van der Waals surface area contributed by atoms with Gasteiger partial charge in [0.25, 0.3) is 0 Å². The van der Waals surface area contributed by atoms with Crippen molar-refractivity contribution in [2.24, 2.45) is 0 Å². The fourth-order valence-corrected chi connectivity index (χ4v) is 2.46. The number of aromatic nitrogens is 1. The second-order valence-electron chi connectivity index (χ2n) is 4.96. The van der Waals surface area contributed by atoms with E-state index in [1.807, 2.05) is 18.2 Å². The Labute approximate surface area is 130 Å². The fraction of sp³-hybridized carbons (Fsp3) is 0.438. The van der Waals surface area contributed by atoms with Crippen molar-refractivity contribution >= 4 is 28.2 Å². The van der Waals surface area contributed by atoms with Gasteiger partial charge in [-0.2, -0.15) is 0 Å². The van der Waals surface area contributed by atoms with Crippen LogP contribution in [0.15, 0.2) is 24.4 Å². The maximum absolute atomic E-state index is 5.74. The van der Waals surface area contributed by atoms with Gasteiger partial charge in [-0.25, -0.2) is 4.98 Å². The van der Waals surface area contributed by atoms with E-state index >= 15 is 0 Å². The summed E-state index contributed by atoms with van der Waals surface area (Å²) in [5.74, 6) is 2.96. The van der Waals surface area contributed by atoms with Crippen LogP contribution in [0.25, 0.3) is 10.8 Å². The Morgan fingerprint density at radius 3 is 2.62 bits per heavy atom. The lowest BCUT2D eigenvalue weighted by molar-refractivity contribution is 0.356. The maximum atomic E-state index is 5.74. The van der Waals surface area contributed by atoms with Gasteiger partial charge in [0, 0.05) is 23.5 Å². The number of rotatable bonds is 7. The molecule has 1 unspecified atom stereocenters. The van der Waals surface area contributed by atoms with Crippen molar-refractivity contribution in [1.82, 2.24) is 4.98 Å². The first-order valence-electron chi connectivity index (χ1n) is 7.02. The number of alkyl halides is 1. The second-order valence-corrected chi connectivity index (χ2v) is 5.34. The molecule has 4 nitrogen and oxygen atoms in total. The fourth-order valence-electron chi connectivity index (χ4n) is 2.30. The minimum absolute atomic E-state index is 0.315. The molecular weight excluding hydrogens is 288 g/mol. The monoisotopic (exact) mass is 308 g/mol. The molecule has 0 fully saturated rings. The van der Waals surface area contributed by atoms with Crippen LogP contribution in [-0.2, 0) is 0 Å². The van der Waals surface area contributed by atoms with Crippen LogP contribution >= 0.6 is 11.6 Å². The molecule has 2 aromatic rings. The lowest BCUT2D eigenvalue weighted by atomic mass is 10.1. The number of nitrogens with zero attached hydrogens (tertiary/aromatic N) is 1. The summed E-state index contributed by atoms with van der Waals surface area (Å²) >= 11 is 5.74. The minimum Gasteiger partial charge on any atom is -0.493 e. The summed E-state index contributed by atoms with van der Waals surface area (Å²) < 4.78 is 10.7. The van der Waals surface area contributed by atoms with Gasteiger partial charge >= 0.3 is 0 Å². The number of pyridine rings is 1. The molecule has 0 aliphatic heterocycles. The van der Waals surface area contributed by atoms with Gasteiger partial charge < -0.3 is 14.8 Å². The van der Waals surface area contributed by atoms with Crippen LogP contribution in [0.4, 0.5) is 5.82 Å². The Morgan fingerprint density at radius 1 is 1.24 bits per heavy atom. The molecule has 2 rings (SSSR count). The van der Waals surface area contributed by atoms with Crippen LogP contribution in [0.1, 0.15) is 19.8 Å². The van der Waals surface area contributed by atoms with Crippen molar-refractivity contribution in [3.63, 3.8) is 0 Å². The lowest BCUT2D eigenvalue weighted by Crippen LogP contribution is -2.16. The quantitative estimate of drug-likeness (QED) is 0.783. The average Bonchev–Trinajstić information content (AvgIpc) is 2.51. The Bertz CT molecular complexity index is 604. The van der Waals surface area contributed by atoms with Crippen LogP contribution in [0, 0.1) is 0 Å². The SMILES string of the molecule is COc1cc2ccnc(NC(C)CCCCl)c2cc1OC. The van der Waals surface area contributed by atoms with E-state index in [0.717, 1.165) is 35.2 Å². The van der Waals surface area contributed by atoms with Crippen LogP contribution in [0.5, 0.6) is 11.5 Å². The molecule has 1 atom stereocenters. The number of halogens is 1. The Balaban J connectivity index is 2.35. The zero-order valence-electron chi connectivity index (χ0n) is 12.6. The predicted molar refractivity (Wildman–Crippen MR) is 87.9 cm³/mol. The molecule has 1 N–H and O–H groups in total. The molecule has 1 heterocycles. The topological polar surface area (TPSA) is 43.4 Å². The van der Waals surface area contributed by atoms with Crippen molar-refractivity contribution in [2.45, 2.75) is 25.8 Å². The van der Waals surface area contributed by atoms with Crippen LogP contribution < -0.4 is 14.8 Å². The van der Waals surface area contributed by atoms with E-state index in [1.54, 1.807) is 20.4 Å². The van der Waals surface area contributed by atoms with Gasteiger partial charge in [-0.15, -0.1) is 11.6 Å². The van der Waals surface area contributed by atoms with Gasteiger partial charge in [0.15, 0.2) is 11.5 Å². The summed E-state index contributed by atoms with van der Waals surface area (Å²) in [6.07, 6.45) is 3.79. The highest BCUT2D eigenvalue weighted by molar-refractivity contribution is 6.17. The molecule has 0 saturated heterocycles. The minimum atomic E-state index is 0.315. The summed E-state index contributed by atoms with van der Waals surface area (Å²) in [7, 11) is 3.27. The van der Waals surface area contributed by atoms with Crippen molar-refractivity contribution in [2.75, 3.05) is 25.4 Å². The molecule has 1 aromatic heterocycles. The highest BCUT2D eigenvalue weighted by Gasteiger charge is 2.11. The first-order chi connectivity index (χ1) is 10.2. The second kappa shape index (κ2) is 7.36. The standard InChI is InChI=1S/C16H21ClN2O2/c1-11(5-4-7-17)19-16-13-10-15(21-3)14(20-2)9-12(13)6-8-18-16/h6,8-11H,4-5,7H2,1-3H3,(H,18,19). The first-order valence-corrected chi connectivity index (χ1v) is 7.56. The molecule has 1 aromatic carbocycles. The highest BCUT2D eigenvalue weighted by Crippen LogP contribution is 2.34. The third kappa shape index (κ3) is 3.70. The van der Waals surface area contributed by atoms with Gasteiger partial charge in [0.1, 0.15) is 5.82 Å². The van der Waals surface area contributed by atoms with E-state index in [9.17, 15) is 0 Å². The smallest absolute Gasteiger partial charge is 0.161 e. The number of fused-ring (bicyclic) bond motifs is 1. The molecule has 0 spiro atoms. The van der Waals surface area contributed by atoms with E-state index in [-0.39, 0.29) is 0 Å². The Morgan fingerprint density at radius 2 is 1.95 bits per heavy atom. The number of ether oxygens (including phenoxy) is 2. The summed E-state index contributed by atoms with van der Waals surface area (Å²) in [5.41, 5.74) is 0. The molecule has 0 amide bonds. The van der Waals surface area contributed by atoms with Crippen LogP contribution in [0.3, 0.4) is 0 Å². The molecule has 0 aliphatic carbocycles. The van der Waals surface area contributed by atoms with Crippen molar-refractivity contribution < 1.29 is 9.47 Å². The van der Waals surface area contributed by atoms with Gasteiger partial charge in [-0.05, 0) is 43.4 Å². The van der Waals surface area contributed by atoms with Gasteiger partial charge in [0.05, 0.1) is 14.2 Å². The third-order valence-corrected chi connectivity index (χ3v) is 3.69. The summed E-state index contributed by atoms with van der Waals surface area (Å²) in [4.78, 5) is 4.45. The van der Waals surface area contributed by atoms with Crippen molar-refractivity contribution in [1.29, 1.82) is 0 Å². The number of hydrogen-bond donors (Lipinski definition) is 1. The van der Waals surface area contributed by atoms with E-state index in [1.165, 1.54) is 0 Å². The normalized spacial score (nSPS) is 12.2. The largest absolute Gasteiger partial charge is 0.493 e. The van der Waals surface area contributed by atoms with E-state index in [4.69, 9.17) is 21.1 Å². The van der Waals surface area contributed by atoms with E-state index in [2.05, 4.69) is 17.2 Å². The third-order valence-electron chi connectivity index (χ3n) is 3.42. The summed E-state index contributed by atoms with van der Waals surface area (Å²) in [6.45, 7) is 2.13. The Kier molecular flexibility index (Phi) is 5.51. The Hall–Kier alpha value is -1.68. The van der Waals surface area contributed by atoms with Gasteiger partial charge in [-0.1, -0.05) is 0 Å². The predicted octanol–water partition coefficient (Wildman–Crippen LogP) is 4.07. The number of anilines is 1. The lowest BCUT2D eigenvalue weighted by Gasteiger charge is -2.16.